The van der Waals surface area contributed by atoms with E-state index in [0.29, 0.717) is 0 Å². The van der Waals surface area contributed by atoms with Crippen molar-refractivity contribution in [1.82, 2.24) is 4.90 Å². The van der Waals surface area contributed by atoms with Gasteiger partial charge in [-0.05, 0) is 46.0 Å². The normalized spacial score (nSPS) is 21.7. The fourth-order valence-electron chi connectivity index (χ4n) is 2.98. The van der Waals surface area contributed by atoms with E-state index in [1.165, 1.54) is 11.3 Å². The van der Waals surface area contributed by atoms with Crippen LogP contribution in [0.25, 0.3) is 0 Å². The van der Waals surface area contributed by atoms with Crippen molar-refractivity contribution in [1.29, 1.82) is 0 Å². The third-order valence-electron chi connectivity index (χ3n) is 4.77. The van der Waals surface area contributed by atoms with E-state index in [4.69, 9.17) is 4.74 Å². The molecule has 0 N–H and O–H groups in total. The maximum absolute atomic E-state index is 12.3. The molecular formula is C16H29NO3. The molecule has 0 radical (unpaired) electrons. The average Bonchev–Trinajstić information content (AvgIpc) is 2.35. The first-order valence-electron chi connectivity index (χ1n) is 7.49. The fraction of sp³-hybridized carbons (Fsp3) is 0.875. The number of hydrogen-bond acceptors (Lipinski definition) is 3. The molecule has 1 aliphatic carbocycles. The summed E-state index contributed by atoms with van der Waals surface area (Å²) < 4.78 is 5.41. The minimum Gasteiger partial charge on any atom is -0.444 e. The van der Waals surface area contributed by atoms with E-state index in [2.05, 4.69) is 6.92 Å². The van der Waals surface area contributed by atoms with E-state index in [9.17, 15) is 9.59 Å². The second-order valence-corrected chi connectivity index (χ2v) is 7.43. The van der Waals surface area contributed by atoms with Crippen LogP contribution in [0.15, 0.2) is 0 Å². The standard InChI is InChI=1S/C16H29NO3/c1-14(2,3)20-13(19)17(6)16(5,12-18)15(4)10-8-7-9-11-15/h12H,7-11H2,1-6H3. The van der Waals surface area contributed by atoms with Gasteiger partial charge in [0, 0.05) is 7.05 Å². The molecule has 1 amide bonds. The Morgan fingerprint density at radius 3 is 2.05 bits per heavy atom. The van der Waals surface area contributed by atoms with Crippen molar-refractivity contribution in [2.24, 2.45) is 5.41 Å². The van der Waals surface area contributed by atoms with Crippen LogP contribution in [0.1, 0.15) is 66.7 Å². The van der Waals surface area contributed by atoms with E-state index < -0.39 is 17.2 Å². The highest BCUT2D eigenvalue weighted by molar-refractivity contribution is 5.77. The fourth-order valence-corrected chi connectivity index (χ4v) is 2.98. The SMILES string of the molecule is CN(C(=O)OC(C)(C)C)C(C)(C=O)C1(C)CCCCC1. The number of carbonyl (C=O) groups is 2. The molecule has 116 valence electrons. The minimum absolute atomic E-state index is 0.182. The number of hydrogen-bond donors (Lipinski definition) is 0. The van der Waals surface area contributed by atoms with Crippen molar-refractivity contribution in [3.05, 3.63) is 0 Å². The van der Waals surface area contributed by atoms with E-state index in [0.717, 1.165) is 32.0 Å². The van der Waals surface area contributed by atoms with E-state index in [-0.39, 0.29) is 5.41 Å². The van der Waals surface area contributed by atoms with Crippen LogP contribution >= 0.6 is 0 Å². The lowest BCUT2D eigenvalue weighted by molar-refractivity contribution is -0.126. The predicted molar refractivity (Wildman–Crippen MR) is 79.7 cm³/mol. The van der Waals surface area contributed by atoms with Gasteiger partial charge < -0.3 is 9.53 Å². The van der Waals surface area contributed by atoms with Gasteiger partial charge in [0.2, 0.25) is 0 Å². The van der Waals surface area contributed by atoms with Gasteiger partial charge in [0.15, 0.2) is 0 Å². The molecule has 1 atom stereocenters. The van der Waals surface area contributed by atoms with Crippen molar-refractivity contribution < 1.29 is 14.3 Å². The Labute approximate surface area is 122 Å². The summed E-state index contributed by atoms with van der Waals surface area (Å²) in [5.74, 6) is 0. The zero-order valence-corrected chi connectivity index (χ0v) is 13.8. The molecule has 4 nitrogen and oxygen atoms in total. The van der Waals surface area contributed by atoms with Crippen molar-refractivity contribution in [2.45, 2.75) is 77.9 Å². The van der Waals surface area contributed by atoms with E-state index in [1.807, 2.05) is 27.7 Å². The molecule has 0 aliphatic heterocycles. The monoisotopic (exact) mass is 283 g/mol. The van der Waals surface area contributed by atoms with Gasteiger partial charge in [0.25, 0.3) is 0 Å². The second-order valence-electron chi connectivity index (χ2n) is 7.43. The summed E-state index contributed by atoms with van der Waals surface area (Å²) in [4.78, 5) is 25.6. The summed E-state index contributed by atoms with van der Waals surface area (Å²) in [5.41, 5.74) is -1.56. The lowest BCUT2D eigenvalue weighted by Crippen LogP contribution is -2.60. The minimum atomic E-state index is -0.824. The van der Waals surface area contributed by atoms with Crippen molar-refractivity contribution in [2.75, 3.05) is 7.05 Å². The third kappa shape index (κ3) is 3.33. The Morgan fingerprint density at radius 1 is 1.15 bits per heavy atom. The summed E-state index contributed by atoms with van der Waals surface area (Å²) in [6.07, 6.45) is 5.86. The average molecular weight is 283 g/mol. The lowest BCUT2D eigenvalue weighted by Gasteiger charge is -2.50. The molecule has 4 heteroatoms. The van der Waals surface area contributed by atoms with E-state index >= 15 is 0 Å². The second kappa shape index (κ2) is 5.74. The summed E-state index contributed by atoms with van der Waals surface area (Å²) in [7, 11) is 1.67. The number of likely N-dealkylation sites (N-methyl/N-ethyl adjacent to an activating group) is 1. The molecule has 20 heavy (non-hydrogen) atoms. The van der Waals surface area contributed by atoms with E-state index in [1.54, 1.807) is 7.05 Å². The van der Waals surface area contributed by atoms with Gasteiger partial charge in [-0.1, -0.05) is 26.2 Å². The van der Waals surface area contributed by atoms with Crippen LogP contribution in [0.5, 0.6) is 0 Å². The summed E-state index contributed by atoms with van der Waals surface area (Å²) in [6, 6.07) is 0. The lowest BCUT2D eigenvalue weighted by atomic mass is 9.63. The molecule has 0 spiro atoms. The highest BCUT2D eigenvalue weighted by Crippen LogP contribution is 2.46. The largest absolute Gasteiger partial charge is 0.444 e. The molecule has 1 unspecified atom stereocenters. The Morgan fingerprint density at radius 2 is 1.65 bits per heavy atom. The predicted octanol–water partition coefficient (Wildman–Crippen LogP) is 3.78. The maximum Gasteiger partial charge on any atom is 0.410 e. The first-order chi connectivity index (χ1) is 9.06. The first kappa shape index (κ1) is 17.0. The van der Waals surface area contributed by atoms with Crippen LogP contribution in [-0.2, 0) is 9.53 Å². The zero-order chi connectivity index (χ0) is 15.6. The molecule has 0 saturated heterocycles. The zero-order valence-electron chi connectivity index (χ0n) is 13.8. The maximum atomic E-state index is 12.3. The summed E-state index contributed by atoms with van der Waals surface area (Å²) in [6.45, 7) is 9.47. The molecule has 1 aliphatic rings. The molecule has 1 saturated carbocycles. The number of aldehydes is 1. The summed E-state index contributed by atoms with van der Waals surface area (Å²) in [5, 5.41) is 0. The number of amides is 1. The Hall–Kier alpha value is -1.06. The van der Waals surface area contributed by atoms with Crippen LogP contribution in [0.4, 0.5) is 4.79 Å². The summed E-state index contributed by atoms with van der Waals surface area (Å²) >= 11 is 0. The Bertz CT molecular complexity index is 366. The highest BCUT2D eigenvalue weighted by Gasteiger charge is 2.50. The topological polar surface area (TPSA) is 46.6 Å². The molecule has 1 rings (SSSR count). The van der Waals surface area contributed by atoms with Crippen molar-refractivity contribution >= 4 is 12.4 Å². The highest BCUT2D eigenvalue weighted by atomic mass is 16.6. The number of ether oxygens (including phenoxy) is 1. The van der Waals surface area contributed by atoms with Crippen LogP contribution in [-0.4, -0.2) is 35.5 Å². The van der Waals surface area contributed by atoms with Crippen LogP contribution in [0, 0.1) is 5.41 Å². The Balaban J connectivity index is 2.97. The molecule has 0 heterocycles. The first-order valence-corrected chi connectivity index (χ1v) is 7.49. The van der Waals surface area contributed by atoms with Crippen LogP contribution in [0.3, 0.4) is 0 Å². The number of rotatable bonds is 3. The van der Waals surface area contributed by atoms with Gasteiger partial charge in [0.1, 0.15) is 17.4 Å². The van der Waals surface area contributed by atoms with Crippen molar-refractivity contribution in [3.63, 3.8) is 0 Å². The Kier molecular flexibility index (Phi) is 4.88. The van der Waals surface area contributed by atoms with Crippen LogP contribution in [0.2, 0.25) is 0 Å². The molecule has 0 bridgehead atoms. The molecule has 0 aromatic rings. The van der Waals surface area contributed by atoms with Gasteiger partial charge in [-0.2, -0.15) is 0 Å². The number of carbonyl (C=O) groups excluding carboxylic acids is 2. The molecular weight excluding hydrogens is 254 g/mol. The molecule has 0 aromatic heterocycles. The third-order valence-corrected chi connectivity index (χ3v) is 4.77. The molecule has 1 fully saturated rings. The quantitative estimate of drug-likeness (QED) is 0.740. The van der Waals surface area contributed by atoms with Crippen LogP contribution < -0.4 is 0 Å². The van der Waals surface area contributed by atoms with Gasteiger partial charge in [-0.15, -0.1) is 0 Å². The van der Waals surface area contributed by atoms with Gasteiger partial charge in [0.05, 0.1) is 0 Å². The number of nitrogens with zero attached hydrogens (tertiary/aromatic N) is 1. The van der Waals surface area contributed by atoms with Gasteiger partial charge >= 0.3 is 6.09 Å². The smallest absolute Gasteiger partial charge is 0.410 e. The molecule has 0 aromatic carbocycles. The van der Waals surface area contributed by atoms with Gasteiger partial charge in [-0.25, -0.2) is 4.79 Å². The van der Waals surface area contributed by atoms with Gasteiger partial charge in [-0.3, -0.25) is 4.90 Å². The van der Waals surface area contributed by atoms with Crippen molar-refractivity contribution in [3.8, 4) is 0 Å².